The van der Waals surface area contributed by atoms with Crippen molar-refractivity contribution in [1.29, 1.82) is 0 Å². The molecule has 0 unspecified atom stereocenters. The standard InChI is InChI=1S/C22H23N3O3S/c1-27-14-21(26)25-13-16-10-17(25)12-24(16)11-15-6-8-18(9-7-15)28-22-23-19-4-2-3-5-20(19)29-22/h2-9,16-17H,10-14H2,1H3/t16-,17-/m1/s1. The summed E-state index contributed by atoms with van der Waals surface area (Å²) < 4.78 is 12.1. The van der Waals surface area contributed by atoms with Crippen LogP contribution in [0.5, 0.6) is 10.9 Å². The molecule has 6 nitrogen and oxygen atoms in total. The first-order chi connectivity index (χ1) is 14.2. The predicted molar refractivity (Wildman–Crippen MR) is 112 cm³/mol. The van der Waals surface area contributed by atoms with Crippen LogP contribution in [0, 0.1) is 0 Å². The number of benzene rings is 2. The number of hydrogen-bond acceptors (Lipinski definition) is 6. The molecule has 2 aromatic carbocycles. The summed E-state index contributed by atoms with van der Waals surface area (Å²) >= 11 is 1.55. The fraction of sp³-hybridized carbons (Fsp3) is 0.364. The molecule has 0 spiro atoms. The highest BCUT2D eigenvalue weighted by atomic mass is 32.1. The van der Waals surface area contributed by atoms with Crippen LogP contribution in [0.4, 0.5) is 0 Å². The van der Waals surface area contributed by atoms with Crippen LogP contribution in [0.15, 0.2) is 48.5 Å². The number of carbonyl (C=O) groups is 1. The van der Waals surface area contributed by atoms with Gasteiger partial charge in [-0.1, -0.05) is 35.6 Å². The molecule has 2 aliphatic rings. The van der Waals surface area contributed by atoms with E-state index in [9.17, 15) is 4.79 Å². The highest BCUT2D eigenvalue weighted by molar-refractivity contribution is 7.20. The summed E-state index contributed by atoms with van der Waals surface area (Å²) in [7, 11) is 1.57. The van der Waals surface area contributed by atoms with Crippen molar-refractivity contribution < 1.29 is 14.3 Å². The second-order valence-corrected chi connectivity index (χ2v) is 8.64. The molecule has 3 heterocycles. The van der Waals surface area contributed by atoms with Crippen LogP contribution in [0.25, 0.3) is 10.2 Å². The Morgan fingerprint density at radius 1 is 1.14 bits per heavy atom. The number of fused-ring (bicyclic) bond motifs is 3. The van der Waals surface area contributed by atoms with E-state index >= 15 is 0 Å². The first-order valence-electron chi connectivity index (χ1n) is 9.84. The van der Waals surface area contributed by atoms with Crippen LogP contribution < -0.4 is 4.74 Å². The molecule has 0 aliphatic carbocycles. The third-order valence-corrected chi connectivity index (χ3v) is 6.64. The number of para-hydroxylation sites is 1. The minimum absolute atomic E-state index is 0.107. The van der Waals surface area contributed by atoms with Crippen molar-refractivity contribution in [2.24, 2.45) is 0 Å². The highest BCUT2D eigenvalue weighted by Gasteiger charge is 2.44. The van der Waals surface area contributed by atoms with E-state index in [0.717, 1.165) is 42.0 Å². The van der Waals surface area contributed by atoms with Crippen LogP contribution in [0.2, 0.25) is 0 Å². The van der Waals surface area contributed by atoms with Gasteiger partial charge in [0.15, 0.2) is 0 Å². The van der Waals surface area contributed by atoms with Crippen molar-refractivity contribution in [1.82, 2.24) is 14.8 Å². The number of aromatic nitrogens is 1. The number of rotatable bonds is 6. The molecule has 5 rings (SSSR count). The lowest BCUT2D eigenvalue weighted by Crippen LogP contribution is -2.49. The predicted octanol–water partition coefficient (Wildman–Crippen LogP) is 3.52. The van der Waals surface area contributed by atoms with Crippen LogP contribution >= 0.6 is 11.3 Å². The zero-order valence-electron chi connectivity index (χ0n) is 16.3. The van der Waals surface area contributed by atoms with Crippen LogP contribution in [-0.2, 0) is 16.1 Å². The van der Waals surface area contributed by atoms with Crippen molar-refractivity contribution in [3.8, 4) is 10.9 Å². The molecule has 0 N–H and O–H groups in total. The van der Waals surface area contributed by atoms with Crippen LogP contribution in [0.1, 0.15) is 12.0 Å². The summed E-state index contributed by atoms with van der Waals surface area (Å²) in [6.45, 7) is 2.82. The second kappa shape index (κ2) is 7.74. The first kappa shape index (κ1) is 18.5. The van der Waals surface area contributed by atoms with Gasteiger partial charge in [-0.05, 0) is 36.2 Å². The van der Waals surface area contributed by atoms with Crippen molar-refractivity contribution in [3.05, 3.63) is 54.1 Å². The molecule has 1 aromatic heterocycles. The number of nitrogens with zero attached hydrogens (tertiary/aromatic N) is 3. The zero-order chi connectivity index (χ0) is 19.8. The smallest absolute Gasteiger partial charge is 0.279 e. The van der Waals surface area contributed by atoms with Gasteiger partial charge in [0.1, 0.15) is 12.4 Å². The Kier molecular flexibility index (Phi) is 4.95. The number of carbonyl (C=O) groups excluding carboxylic acids is 1. The molecule has 2 bridgehead atoms. The number of likely N-dealkylation sites (tertiary alicyclic amines) is 2. The van der Waals surface area contributed by atoms with E-state index in [0.29, 0.717) is 17.3 Å². The van der Waals surface area contributed by atoms with Crippen molar-refractivity contribution >= 4 is 27.5 Å². The lowest BCUT2D eigenvalue weighted by Gasteiger charge is -2.34. The minimum atomic E-state index is 0.107. The van der Waals surface area contributed by atoms with Crippen LogP contribution in [-0.4, -0.2) is 59.6 Å². The lowest BCUT2D eigenvalue weighted by molar-refractivity contribution is -0.137. The third-order valence-electron chi connectivity index (χ3n) is 5.73. The molecule has 2 fully saturated rings. The van der Waals surface area contributed by atoms with E-state index in [2.05, 4.69) is 28.1 Å². The van der Waals surface area contributed by atoms with Gasteiger partial charge in [0, 0.05) is 38.8 Å². The molecule has 3 aromatic rings. The first-order valence-corrected chi connectivity index (χ1v) is 10.7. The average Bonchev–Trinajstić information content (AvgIpc) is 3.43. The van der Waals surface area contributed by atoms with Gasteiger partial charge in [0.05, 0.1) is 10.2 Å². The number of methoxy groups -OCH3 is 1. The maximum atomic E-state index is 12.1. The SMILES string of the molecule is COCC(=O)N1C[C@H]2C[C@@H]1CN2Cc1ccc(Oc2nc3ccccc3s2)cc1. The molecule has 0 saturated carbocycles. The normalized spacial score (nSPS) is 21.2. The van der Waals surface area contributed by atoms with Gasteiger partial charge in [-0.15, -0.1) is 0 Å². The number of amides is 1. The number of hydrogen-bond donors (Lipinski definition) is 0. The fourth-order valence-electron chi connectivity index (χ4n) is 4.35. The topological polar surface area (TPSA) is 54.9 Å². The molecule has 150 valence electrons. The fourth-order valence-corrected chi connectivity index (χ4v) is 5.18. The number of piperazine rings is 1. The monoisotopic (exact) mass is 409 g/mol. The summed E-state index contributed by atoms with van der Waals surface area (Å²) in [5.74, 6) is 0.906. The van der Waals surface area contributed by atoms with Gasteiger partial charge in [-0.3, -0.25) is 9.69 Å². The second-order valence-electron chi connectivity index (χ2n) is 7.65. The van der Waals surface area contributed by atoms with E-state index in [1.54, 1.807) is 18.4 Å². The highest BCUT2D eigenvalue weighted by Crippen LogP contribution is 2.33. The lowest BCUT2D eigenvalue weighted by atomic mass is 10.2. The minimum Gasteiger partial charge on any atom is -0.431 e. The average molecular weight is 410 g/mol. The third kappa shape index (κ3) is 3.73. The molecular weight excluding hydrogens is 386 g/mol. The Bertz CT molecular complexity index is 987. The summed E-state index contributed by atoms with van der Waals surface area (Å²) in [6.07, 6.45) is 1.06. The Hall–Kier alpha value is -2.48. The molecule has 29 heavy (non-hydrogen) atoms. The molecular formula is C22H23N3O3S. The quantitative estimate of drug-likeness (QED) is 0.624. The van der Waals surface area contributed by atoms with E-state index in [-0.39, 0.29) is 12.5 Å². The Morgan fingerprint density at radius 2 is 1.97 bits per heavy atom. The Balaban J connectivity index is 1.19. The van der Waals surface area contributed by atoms with Gasteiger partial charge in [0.25, 0.3) is 5.19 Å². The van der Waals surface area contributed by atoms with E-state index in [1.807, 2.05) is 35.2 Å². The maximum Gasteiger partial charge on any atom is 0.279 e. The summed E-state index contributed by atoms with van der Waals surface area (Å²) in [6, 6.07) is 17.0. The van der Waals surface area contributed by atoms with E-state index in [1.165, 1.54) is 5.56 Å². The van der Waals surface area contributed by atoms with E-state index in [4.69, 9.17) is 9.47 Å². The van der Waals surface area contributed by atoms with Gasteiger partial charge < -0.3 is 14.4 Å². The molecule has 0 radical (unpaired) electrons. The van der Waals surface area contributed by atoms with Gasteiger partial charge >= 0.3 is 0 Å². The van der Waals surface area contributed by atoms with Crippen molar-refractivity contribution in [2.75, 3.05) is 26.8 Å². The van der Waals surface area contributed by atoms with Crippen LogP contribution in [0.3, 0.4) is 0 Å². The largest absolute Gasteiger partial charge is 0.431 e. The molecule has 2 saturated heterocycles. The summed E-state index contributed by atoms with van der Waals surface area (Å²) in [5.41, 5.74) is 2.22. The van der Waals surface area contributed by atoms with Crippen molar-refractivity contribution in [2.45, 2.75) is 25.0 Å². The van der Waals surface area contributed by atoms with E-state index < -0.39 is 0 Å². The van der Waals surface area contributed by atoms with Gasteiger partial charge in [-0.25, -0.2) is 4.98 Å². The maximum absolute atomic E-state index is 12.1. The zero-order valence-corrected chi connectivity index (χ0v) is 17.1. The summed E-state index contributed by atoms with van der Waals surface area (Å²) in [4.78, 5) is 21.1. The molecule has 1 amide bonds. The Labute approximate surface area is 173 Å². The Morgan fingerprint density at radius 3 is 2.69 bits per heavy atom. The van der Waals surface area contributed by atoms with Gasteiger partial charge in [-0.2, -0.15) is 0 Å². The number of thiazole rings is 1. The molecule has 2 aliphatic heterocycles. The van der Waals surface area contributed by atoms with Gasteiger partial charge in [0.2, 0.25) is 5.91 Å². The molecule has 2 atom stereocenters. The van der Waals surface area contributed by atoms with Crippen molar-refractivity contribution in [3.63, 3.8) is 0 Å². The summed E-state index contributed by atoms with van der Waals surface area (Å²) in [5, 5.41) is 0.664. The molecule has 7 heteroatoms. The number of ether oxygens (including phenoxy) is 2.